The van der Waals surface area contributed by atoms with Gasteiger partial charge in [0.25, 0.3) is 0 Å². The van der Waals surface area contributed by atoms with Gasteiger partial charge in [-0.25, -0.2) is 4.39 Å². The summed E-state index contributed by atoms with van der Waals surface area (Å²) < 4.78 is 14.7. The molecule has 2 unspecified atom stereocenters. The molecule has 1 aromatic carbocycles. The van der Waals surface area contributed by atoms with Gasteiger partial charge in [0.1, 0.15) is 18.2 Å². The van der Waals surface area contributed by atoms with Crippen molar-refractivity contribution in [3.05, 3.63) is 57.7 Å². The maximum atomic E-state index is 13.3. The first-order valence-electron chi connectivity index (χ1n) is 7.81. The highest BCUT2D eigenvalue weighted by molar-refractivity contribution is 5.32. The molecule has 24 heavy (non-hydrogen) atoms. The first kappa shape index (κ1) is 16.5. The summed E-state index contributed by atoms with van der Waals surface area (Å²) in [5, 5.41) is 24.8. The number of halogens is 1. The van der Waals surface area contributed by atoms with Crippen LogP contribution in [0.5, 0.6) is 0 Å². The number of hydrogen-bond donors (Lipinski definition) is 1. The van der Waals surface area contributed by atoms with Gasteiger partial charge in [0.15, 0.2) is 0 Å². The molecule has 1 N–H and O–H groups in total. The van der Waals surface area contributed by atoms with Crippen molar-refractivity contribution < 1.29 is 14.4 Å². The zero-order chi connectivity index (χ0) is 17.3. The quantitative estimate of drug-likeness (QED) is 0.667. The first-order valence-corrected chi connectivity index (χ1v) is 7.81. The molecule has 3 rings (SSSR count). The van der Waals surface area contributed by atoms with Crippen LogP contribution in [0.4, 0.5) is 10.1 Å². The van der Waals surface area contributed by atoms with E-state index in [0.717, 1.165) is 24.1 Å². The zero-order valence-corrected chi connectivity index (χ0v) is 13.3. The van der Waals surface area contributed by atoms with E-state index in [4.69, 9.17) is 0 Å². The lowest BCUT2D eigenvalue weighted by atomic mass is 9.93. The molecule has 2 heterocycles. The predicted octanol–water partition coefficient (Wildman–Crippen LogP) is 1.91. The maximum Gasteiger partial charge on any atom is 0.306 e. The average molecular weight is 334 g/mol. The molecule has 1 aromatic heterocycles. The molecule has 0 spiro atoms. The predicted molar refractivity (Wildman–Crippen MR) is 85.0 cm³/mol. The number of benzene rings is 1. The van der Waals surface area contributed by atoms with E-state index in [2.05, 4.69) is 10.00 Å². The smallest absolute Gasteiger partial charge is 0.306 e. The molecule has 1 aliphatic rings. The maximum absolute atomic E-state index is 13.3. The molecule has 0 saturated carbocycles. The Labute approximate surface area is 138 Å². The SMILES string of the molecule is CC1c2ccc(F)cc2CCN1CC(O)Cn1cc([N+](=O)[O-])cn1. The summed E-state index contributed by atoms with van der Waals surface area (Å²) in [6, 6.07) is 4.90. The molecule has 7 nitrogen and oxygen atoms in total. The molecule has 0 aliphatic carbocycles. The molecule has 2 atom stereocenters. The summed E-state index contributed by atoms with van der Waals surface area (Å²) in [7, 11) is 0. The fraction of sp³-hybridized carbons (Fsp3) is 0.438. The number of aliphatic hydroxyl groups is 1. The largest absolute Gasteiger partial charge is 0.390 e. The second-order valence-electron chi connectivity index (χ2n) is 6.10. The normalized spacial score (nSPS) is 19.0. The molecule has 2 aromatic rings. The molecular weight excluding hydrogens is 315 g/mol. The van der Waals surface area contributed by atoms with Crippen molar-refractivity contribution in [1.82, 2.24) is 14.7 Å². The van der Waals surface area contributed by atoms with Gasteiger partial charge in [-0.05, 0) is 36.6 Å². The van der Waals surface area contributed by atoms with Crippen molar-refractivity contribution in [2.45, 2.75) is 32.0 Å². The summed E-state index contributed by atoms with van der Waals surface area (Å²) in [5.41, 5.74) is 1.99. The lowest BCUT2D eigenvalue weighted by Crippen LogP contribution is -2.40. The minimum atomic E-state index is -0.700. The van der Waals surface area contributed by atoms with E-state index < -0.39 is 11.0 Å². The molecule has 0 radical (unpaired) electrons. The Balaban J connectivity index is 1.63. The minimum absolute atomic E-state index is 0.0796. The van der Waals surface area contributed by atoms with Crippen molar-refractivity contribution in [2.24, 2.45) is 0 Å². The van der Waals surface area contributed by atoms with E-state index in [1.165, 1.54) is 23.1 Å². The van der Waals surface area contributed by atoms with Crippen LogP contribution in [-0.4, -0.2) is 43.9 Å². The Bertz CT molecular complexity index is 749. The summed E-state index contributed by atoms with van der Waals surface area (Å²) >= 11 is 0. The van der Waals surface area contributed by atoms with Gasteiger partial charge < -0.3 is 5.11 Å². The molecule has 8 heteroatoms. The third kappa shape index (κ3) is 3.44. The van der Waals surface area contributed by atoms with Crippen molar-refractivity contribution in [3.8, 4) is 0 Å². The number of rotatable bonds is 5. The van der Waals surface area contributed by atoms with Gasteiger partial charge in [0.05, 0.1) is 17.6 Å². The highest BCUT2D eigenvalue weighted by Crippen LogP contribution is 2.29. The Kier molecular flexibility index (Phi) is 4.59. The number of hydrogen-bond acceptors (Lipinski definition) is 5. The van der Waals surface area contributed by atoms with Gasteiger partial charge in [0.2, 0.25) is 0 Å². The summed E-state index contributed by atoms with van der Waals surface area (Å²) in [6.45, 7) is 3.37. The first-order chi connectivity index (χ1) is 11.4. The van der Waals surface area contributed by atoms with Gasteiger partial charge in [-0.15, -0.1) is 0 Å². The molecule has 0 fully saturated rings. The number of fused-ring (bicyclic) bond motifs is 1. The summed E-state index contributed by atoms with van der Waals surface area (Å²) in [5.74, 6) is -0.227. The molecule has 0 bridgehead atoms. The third-order valence-corrected chi connectivity index (χ3v) is 4.44. The van der Waals surface area contributed by atoms with E-state index >= 15 is 0 Å². The van der Waals surface area contributed by atoms with Crippen molar-refractivity contribution >= 4 is 5.69 Å². The van der Waals surface area contributed by atoms with Crippen LogP contribution in [0, 0.1) is 15.9 Å². The van der Waals surface area contributed by atoms with E-state index in [-0.39, 0.29) is 24.1 Å². The Hall–Kier alpha value is -2.32. The Morgan fingerprint density at radius 2 is 2.29 bits per heavy atom. The minimum Gasteiger partial charge on any atom is -0.390 e. The second-order valence-corrected chi connectivity index (χ2v) is 6.10. The van der Waals surface area contributed by atoms with Crippen LogP contribution in [0.2, 0.25) is 0 Å². The van der Waals surface area contributed by atoms with Crippen LogP contribution >= 0.6 is 0 Å². The van der Waals surface area contributed by atoms with E-state index in [0.29, 0.717) is 6.54 Å². The van der Waals surface area contributed by atoms with E-state index in [1.54, 1.807) is 12.1 Å². The van der Waals surface area contributed by atoms with Crippen LogP contribution in [0.1, 0.15) is 24.1 Å². The molecule has 0 amide bonds. The number of nitrogens with zero attached hydrogens (tertiary/aromatic N) is 4. The Morgan fingerprint density at radius 1 is 1.50 bits per heavy atom. The number of aromatic nitrogens is 2. The highest BCUT2D eigenvalue weighted by atomic mass is 19.1. The van der Waals surface area contributed by atoms with Gasteiger partial charge in [0, 0.05) is 19.1 Å². The fourth-order valence-electron chi connectivity index (χ4n) is 3.19. The van der Waals surface area contributed by atoms with E-state index in [1.807, 2.05) is 6.92 Å². The van der Waals surface area contributed by atoms with Crippen molar-refractivity contribution in [3.63, 3.8) is 0 Å². The van der Waals surface area contributed by atoms with Gasteiger partial charge >= 0.3 is 5.69 Å². The lowest BCUT2D eigenvalue weighted by Gasteiger charge is -2.36. The van der Waals surface area contributed by atoms with Crippen molar-refractivity contribution in [2.75, 3.05) is 13.1 Å². The van der Waals surface area contributed by atoms with Gasteiger partial charge in [-0.2, -0.15) is 5.10 Å². The number of β-amino-alcohol motifs (C(OH)–C–C–N with tert-alkyl or cyclic N) is 1. The topological polar surface area (TPSA) is 84.4 Å². The molecule has 128 valence electrons. The van der Waals surface area contributed by atoms with Crippen LogP contribution in [0.15, 0.2) is 30.6 Å². The lowest BCUT2D eigenvalue weighted by molar-refractivity contribution is -0.385. The van der Waals surface area contributed by atoms with Crippen molar-refractivity contribution in [1.29, 1.82) is 0 Å². The van der Waals surface area contributed by atoms with Crippen LogP contribution in [0.3, 0.4) is 0 Å². The number of aliphatic hydroxyl groups excluding tert-OH is 1. The monoisotopic (exact) mass is 334 g/mol. The van der Waals surface area contributed by atoms with Gasteiger partial charge in [-0.1, -0.05) is 6.07 Å². The Morgan fingerprint density at radius 3 is 3.00 bits per heavy atom. The van der Waals surface area contributed by atoms with Crippen LogP contribution in [0.25, 0.3) is 0 Å². The summed E-state index contributed by atoms with van der Waals surface area (Å²) in [6.07, 6.45) is 2.51. The zero-order valence-electron chi connectivity index (χ0n) is 13.3. The average Bonchev–Trinajstić information content (AvgIpc) is 2.98. The molecule has 0 saturated heterocycles. The fourth-order valence-corrected chi connectivity index (χ4v) is 3.19. The van der Waals surface area contributed by atoms with Gasteiger partial charge in [-0.3, -0.25) is 19.7 Å². The van der Waals surface area contributed by atoms with Crippen LogP contribution in [-0.2, 0) is 13.0 Å². The standard InChI is InChI=1S/C16H19FN4O3/c1-11-16-3-2-13(17)6-12(16)4-5-19(11)9-15(22)10-20-8-14(7-18-20)21(23)24/h2-3,6-8,11,15,22H,4-5,9-10H2,1H3. The van der Waals surface area contributed by atoms with E-state index in [9.17, 15) is 19.6 Å². The molecular formula is C16H19FN4O3. The highest BCUT2D eigenvalue weighted by Gasteiger charge is 2.26. The summed E-state index contributed by atoms with van der Waals surface area (Å²) in [4.78, 5) is 12.3. The third-order valence-electron chi connectivity index (χ3n) is 4.44. The number of nitro groups is 1. The van der Waals surface area contributed by atoms with Crippen LogP contribution < -0.4 is 0 Å². The second kappa shape index (κ2) is 6.66. The molecule has 1 aliphatic heterocycles.